The fourth-order valence-electron chi connectivity index (χ4n) is 4.94. The minimum atomic E-state index is 0.677. The van der Waals surface area contributed by atoms with Crippen LogP contribution in [0.4, 0.5) is 17.2 Å². The van der Waals surface area contributed by atoms with E-state index in [0.717, 1.165) is 87.9 Å². The standard InChI is InChI=1S/C29H30N6O2/c1-4-12-35-13-5-14-36-28-25(35)10-8-22-27(28)29(31-17-30-22)33-20-6-11-26(19(2)15-20)37-21-7-9-24-23(16-21)32-18-34(24)3/h6-11,15-18H,4-5,12-14H2,1-3H3,(H,30,31,33). The highest BCUT2D eigenvalue weighted by Gasteiger charge is 2.21. The van der Waals surface area contributed by atoms with Crippen LogP contribution in [0.2, 0.25) is 0 Å². The molecule has 3 heterocycles. The van der Waals surface area contributed by atoms with Crippen molar-refractivity contribution in [2.45, 2.75) is 26.7 Å². The number of rotatable bonds is 6. The smallest absolute Gasteiger partial charge is 0.155 e. The van der Waals surface area contributed by atoms with Gasteiger partial charge in [-0.2, -0.15) is 0 Å². The van der Waals surface area contributed by atoms with Gasteiger partial charge in [0.2, 0.25) is 0 Å². The lowest BCUT2D eigenvalue weighted by atomic mass is 10.1. The van der Waals surface area contributed by atoms with Crippen LogP contribution in [0.25, 0.3) is 21.9 Å². The summed E-state index contributed by atoms with van der Waals surface area (Å²) in [7, 11) is 1.98. The molecule has 8 nitrogen and oxygen atoms in total. The van der Waals surface area contributed by atoms with E-state index in [-0.39, 0.29) is 0 Å². The van der Waals surface area contributed by atoms with Crippen LogP contribution in [-0.2, 0) is 7.05 Å². The molecule has 188 valence electrons. The molecule has 1 aliphatic heterocycles. The molecular formula is C29H30N6O2. The third-order valence-electron chi connectivity index (χ3n) is 6.75. The molecule has 8 heteroatoms. The zero-order valence-electron chi connectivity index (χ0n) is 21.4. The summed E-state index contributed by atoms with van der Waals surface area (Å²) >= 11 is 0. The van der Waals surface area contributed by atoms with Crippen LogP contribution < -0.4 is 19.7 Å². The van der Waals surface area contributed by atoms with E-state index in [9.17, 15) is 0 Å². The molecule has 1 N–H and O–H groups in total. The first-order valence-electron chi connectivity index (χ1n) is 12.7. The summed E-state index contributed by atoms with van der Waals surface area (Å²) in [5, 5.41) is 4.41. The summed E-state index contributed by atoms with van der Waals surface area (Å²) in [6, 6.07) is 16.2. The van der Waals surface area contributed by atoms with Gasteiger partial charge in [0.25, 0.3) is 0 Å². The fourth-order valence-corrected chi connectivity index (χ4v) is 4.94. The monoisotopic (exact) mass is 494 g/mol. The first-order chi connectivity index (χ1) is 18.1. The molecule has 0 aliphatic carbocycles. The van der Waals surface area contributed by atoms with Gasteiger partial charge in [0.05, 0.1) is 40.6 Å². The van der Waals surface area contributed by atoms with E-state index in [0.29, 0.717) is 6.61 Å². The van der Waals surface area contributed by atoms with Crippen LogP contribution in [0.5, 0.6) is 17.2 Å². The first kappa shape index (κ1) is 23.1. The second-order valence-corrected chi connectivity index (χ2v) is 9.43. The number of imidazole rings is 1. The van der Waals surface area contributed by atoms with Gasteiger partial charge in [-0.15, -0.1) is 0 Å². The molecule has 0 fully saturated rings. The molecule has 0 amide bonds. The van der Waals surface area contributed by atoms with E-state index in [2.05, 4.69) is 50.3 Å². The van der Waals surface area contributed by atoms with Crippen molar-refractivity contribution in [2.24, 2.45) is 7.05 Å². The maximum absolute atomic E-state index is 6.27. The average Bonchev–Trinajstić information content (AvgIpc) is 3.14. The second kappa shape index (κ2) is 9.61. The summed E-state index contributed by atoms with van der Waals surface area (Å²) in [6.07, 6.45) is 5.47. The molecule has 5 aromatic rings. The molecule has 37 heavy (non-hydrogen) atoms. The summed E-state index contributed by atoms with van der Waals surface area (Å²) in [5.41, 5.74) is 5.87. The van der Waals surface area contributed by atoms with Crippen molar-refractivity contribution in [1.82, 2.24) is 19.5 Å². The van der Waals surface area contributed by atoms with Crippen molar-refractivity contribution in [3.05, 3.63) is 66.7 Å². The highest BCUT2D eigenvalue weighted by Crippen LogP contribution is 2.41. The van der Waals surface area contributed by atoms with E-state index in [1.165, 1.54) is 0 Å². The maximum Gasteiger partial charge on any atom is 0.155 e. The molecule has 0 unspecified atom stereocenters. The Morgan fingerprint density at radius 2 is 1.95 bits per heavy atom. The van der Waals surface area contributed by atoms with Gasteiger partial charge in [0.1, 0.15) is 23.6 Å². The Balaban J connectivity index is 1.31. The van der Waals surface area contributed by atoms with Crippen LogP contribution in [0.3, 0.4) is 0 Å². The summed E-state index contributed by atoms with van der Waals surface area (Å²) in [6.45, 7) is 6.89. The Morgan fingerprint density at radius 3 is 2.81 bits per heavy atom. The van der Waals surface area contributed by atoms with E-state index in [1.807, 2.05) is 55.2 Å². The molecule has 0 radical (unpaired) electrons. The number of fused-ring (bicyclic) bond motifs is 4. The maximum atomic E-state index is 6.27. The van der Waals surface area contributed by atoms with Crippen LogP contribution >= 0.6 is 0 Å². The third kappa shape index (κ3) is 4.39. The zero-order valence-corrected chi connectivity index (χ0v) is 21.4. The van der Waals surface area contributed by atoms with Crippen molar-refractivity contribution < 1.29 is 9.47 Å². The predicted molar refractivity (Wildman–Crippen MR) is 147 cm³/mol. The fraction of sp³-hybridized carbons (Fsp3) is 0.276. The van der Waals surface area contributed by atoms with Gasteiger partial charge in [-0.25, -0.2) is 15.0 Å². The lowest BCUT2D eigenvalue weighted by Gasteiger charge is -2.24. The molecule has 0 spiro atoms. The SMILES string of the molecule is CCCN1CCCOc2c1ccc1ncnc(Nc3ccc(Oc4ccc5c(c4)ncn5C)c(C)c3)c21. The normalized spacial score (nSPS) is 13.3. The number of nitrogens with one attached hydrogen (secondary N) is 1. The summed E-state index contributed by atoms with van der Waals surface area (Å²) < 4.78 is 14.5. The van der Waals surface area contributed by atoms with Gasteiger partial charge in [-0.05, 0) is 67.8 Å². The Morgan fingerprint density at radius 1 is 1.03 bits per heavy atom. The van der Waals surface area contributed by atoms with Gasteiger partial charge in [0, 0.05) is 31.9 Å². The van der Waals surface area contributed by atoms with Crippen molar-refractivity contribution in [3.8, 4) is 17.2 Å². The van der Waals surface area contributed by atoms with E-state index < -0.39 is 0 Å². The minimum Gasteiger partial charge on any atom is -0.490 e. The topological polar surface area (TPSA) is 77.3 Å². The van der Waals surface area contributed by atoms with E-state index in [4.69, 9.17) is 9.47 Å². The quantitative estimate of drug-likeness (QED) is 0.294. The predicted octanol–water partition coefficient (Wildman–Crippen LogP) is 6.36. The average molecular weight is 495 g/mol. The van der Waals surface area contributed by atoms with Crippen molar-refractivity contribution in [2.75, 3.05) is 29.9 Å². The molecule has 1 aliphatic rings. The van der Waals surface area contributed by atoms with E-state index >= 15 is 0 Å². The Labute approximate surface area is 215 Å². The third-order valence-corrected chi connectivity index (χ3v) is 6.75. The molecule has 0 saturated heterocycles. The van der Waals surface area contributed by atoms with Crippen LogP contribution in [0.1, 0.15) is 25.3 Å². The van der Waals surface area contributed by atoms with Crippen molar-refractivity contribution in [1.29, 1.82) is 0 Å². The molecule has 6 rings (SSSR count). The zero-order chi connectivity index (χ0) is 25.4. The molecule has 2 aromatic heterocycles. The molecule has 0 atom stereocenters. The van der Waals surface area contributed by atoms with Crippen molar-refractivity contribution in [3.63, 3.8) is 0 Å². The Kier molecular flexibility index (Phi) is 6.00. The van der Waals surface area contributed by atoms with E-state index in [1.54, 1.807) is 6.33 Å². The van der Waals surface area contributed by atoms with Gasteiger partial charge in [0.15, 0.2) is 5.75 Å². The number of ether oxygens (including phenoxy) is 2. The van der Waals surface area contributed by atoms with Crippen molar-refractivity contribution >= 4 is 39.1 Å². The number of aryl methyl sites for hydroxylation is 2. The van der Waals surface area contributed by atoms with Gasteiger partial charge < -0.3 is 24.3 Å². The summed E-state index contributed by atoms with van der Waals surface area (Å²) in [5.74, 6) is 3.14. The lowest BCUT2D eigenvalue weighted by molar-refractivity contribution is 0.326. The van der Waals surface area contributed by atoms with Gasteiger partial charge in [-0.3, -0.25) is 0 Å². The minimum absolute atomic E-state index is 0.677. The lowest BCUT2D eigenvalue weighted by Crippen LogP contribution is -2.24. The second-order valence-electron chi connectivity index (χ2n) is 9.43. The van der Waals surface area contributed by atoms with Gasteiger partial charge in [-0.1, -0.05) is 6.92 Å². The number of nitrogens with zero attached hydrogens (tertiary/aromatic N) is 5. The summed E-state index contributed by atoms with van der Waals surface area (Å²) in [4.78, 5) is 15.9. The number of hydrogen-bond donors (Lipinski definition) is 1. The Bertz CT molecular complexity index is 1600. The number of aromatic nitrogens is 4. The number of anilines is 3. The molecule has 0 bridgehead atoms. The highest BCUT2D eigenvalue weighted by molar-refractivity contribution is 6.00. The highest BCUT2D eigenvalue weighted by atomic mass is 16.5. The van der Waals surface area contributed by atoms with Gasteiger partial charge >= 0.3 is 0 Å². The van der Waals surface area contributed by atoms with Crippen LogP contribution in [-0.4, -0.2) is 39.2 Å². The number of hydrogen-bond acceptors (Lipinski definition) is 7. The molecule has 3 aromatic carbocycles. The Hall–Kier alpha value is -4.33. The van der Waals surface area contributed by atoms with Crippen LogP contribution in [0.15, 0.2) is 61.2 Å². The largest absolute Gasteiger partial charge is 0.490 e. The molecule has 0 saturated carbocycles. The number of benzene rings is 3. The molecular weight excluding hydrogens is 464 g/mol. The first-order valence-corrected chi connectivity index (χ1v) is 12.7. The van der Waals surface area contributed by atoms with Crippen LogP contribution in [0, 0.1) is 6.92 Å².